The Bertz CT molecular complexity index is 342. The average molecular weight is 217 g/mol. The molecule has 0 aliphatic heterocycles. The molecule has 0 amide bonds. The summed E-state index contributed by atoms with van der Waals surface area (Å²) in [5, 5.41) is 0. The summed E-state index contributed by atoms with van der Waals surface area (Å²) in [5.41, 5.74) is 5.95. The molecule has 0 heterocycles. The van der Waals surface area contributed by atoms with Crippen molar-refractivity contribution in [2.75, 3.05) is 0 Å². The molecular formula is C11H14F3N. The van der Waals surface area contributed by atoms with Crippen LogP contribution in [0.25, 0.3) is 0 Å². The van der Waals surface area contributed by atoms with Crippen molar-refractivity contribution in [3.05, 3.63) is 34.9 Å². The number of nitrogens with two attached hydrogens (primary N) is 1. The van der Waals surface area contributed by atoms with Crippen molar-refractivity contribution in [1.82, 2.24) is 0 Å². The SMILES string of the molecule is CCc1c([C@@H](C)N)cccc1C(F)(F)F. The zero-order valence-corrected chi connectivity index (χ0v) is 8.73. The van der Waals surface area contributed by atoms with E-state index in [0.717, 1.165) is 6.07 Å². The molecule has 0 spiro atoms. The van der Waals surface area contributed by atoms with Crippen molar-refractivity contribution >= 4 is 0 Å². The van der Waals surface area contributed by atoms with Crippen LogP contribution in [0.3, 0.4) is 0 Å². The molecule has 1 aromatic carbocycles. The highest BCUT2D eigenvalue weighted by Gasteiger charge is 2.33. The van der Waals surface area contributed by atoms with Gasteiger partial charge in [-0.3, -0.25) is 0 Å². The van der Waals surface area contributed by atoms with Crippen LogP contribution in [0.15, 0.2) is 18.2 Å². The number of benzene rings is 1. The Labute approximate surface area is 87.1 Å². The summed E-state index contributed by atoms with van der Waals surface area (Å²) in [6, 6.07) is 3.78. The van der Waals surface area contributed by atoms with E-state index in [1.165, 1.54) is 6.07 Å². The molecule has 0 aromatic heterocycles. The van der Waals surface area contributed by atoms with Crippen molar-refractivity contribution in [3.63, 3.8) is 0 Å². The van der Waals surface area contributed by atoms with Crippen LogP contribution in [0.1, 0.15) is 36.6 Å². The van der Waals surface area contributed by atoms with E-state index >= 15 is 0 Å². The van der Waals surface area contributed by atoms with Gasteiger partial charge >= 0.3 is 6.18 Å². The highest BCUT2D eigenvalue weighted by molar-refractivity contribution is 5.38. The number of halogens is 3. The Morgan fingerprint density at radius 2 is 1.93 bits per heavy atom. The predicted molar refractivity (Wildman–Crippen MR) is 53.4 cm³/mol. The summed E-state index contributed by atoms with van der Waals surface area (Å²) in [4.78, 5) is 0. The van der Waals surface area contributed by atoms with Gasteiger partial charge in [-0.05, 0) is 30.5 Å². The fraction of sp³-hybridized carbons (Fsp3) is 0.455. The van der Waals surface area contributed by atoms with E-state index in [1.54, 1.807) is 19.9 Å². The highest BCUT2D eigenvalue weighted by Crippen LogP contribution is 2.34. The maximum atomic E-state index is 12.6. The van der Waals surface area contributed by atoms with Crippen molar-refractivity contribution in [2.24, 2.45) is 5.73 Å². The first kappa shape index (κ1) is 12.0. The van der Waals surface area contributed by atoms with Gasteiger partial charge in [-0.1, -0.05) is 19.1 Å². The first-order chi connectivity index (χ1) is 6.88. The second-order valence-electron chi connectivity index (χ2n) is 3.51. The molecule has 4 heteroatoms. The van der Waals surface area contributed by atoms with Gasteiger partial charge in [-0.15, -0.1) is 0 Å². The van der Waals surface area contributed by atoms with Gasteiger partial charge in [0, 0.05) is 6.04 Å². The largest absolute Gasteiger partial charge is 0.416 e. The molecule has 1 aromatic rings. The molecule has 1 nitrogen and oxygen atoms in total. The summed E-state index contributed by atoms with van der Waals surface area (Å²) >= 11 is 0. The molecule has 0 aliphatic carbocycles. The van der Waals surface area contributed by atoms with Crippen LogP contribution in [0.2, 0.25) is 0 Å². The minimum Gasteiger partial charge on any atom is -0.324 e. The Hall–Kier alpha value is -1.03. The zero-order chi connectivity index (χ0) is 11.6. The van der Waals surface area contributed by atoms with Gasteiger partial charge < -0.3 is 5.73 Å². The summed E-state index contributed by atoms with van der Waals surface area (Å²) < 4.78 is 37.9. The third-order valence-corrected chi connectivity index (χ3v) is 2.36. The monoisotopic (exact) mass is 217 g/mol. The second kappa shape index (κ2) is 4.23. The molecular weight excluding hydrogens is 203 g/mol. The van der Waals surface area contributed by atoms with Crippen molar-refractivity contribution in [3.8, 4) is 0 Å². The van der Waals surface area contributed by atoms with Gasteiger partial charge in [0.15, 0.2) is 0 Å². The van der Waals surface area contributed by atoms with Crippen LogP contribution in [-0.4, -0.2) is 0 Å². The first-order valence-electron chi connectivity index (χ1n) is 4.82. The lowest BCUT2D eigenvalue weighted by molar-refractivity contribution is -0.138. The lowest BCUT2D eigenvalue weighted by atomic mass is 9.95. The Kier molecular flexibility index (Phi) is 3.39. The molecule has 1 rings (SSSR count). The van der Waals surface area contributed by atoms with E-state index in [0.29, 0.717) is 17.5 Å². The molecule has 0 aliphatic rings. The molecule has 0 saturated heterocycles. The minimum atomic E-state index is -4.30. The lowest BCUT2D eigenvalue weighted by Gasteiger charge is -2.17. The summed E-state index contributed by atoms with van der Waals surface area (Å²) in [6.45, 7) is 3.39. The zero-order valence-electron chi connectivity index (χ0n) is 8.73. The van der Waals surface area contributed by atoms with Crippen LogP contribution in [-0.2, 0) is 12.6 Å². The fourth-order valence-corrected chi connectivity index (χ4v) is 1.69. The molecule has 84 valence electrons. The van der Waals surface area contributed by atoms with Crippen LogP contribution in [0.5, 0.6) is 0 Å². The topological polar surface area (TPSA) is 26.0 Å². The second-order valence-corrected chi connectivity index (χ2v) is 3.51. The Morgan fingerprint density at radius 1 is 1.33 bits per heavy atom. The maximum Gasteiger partial charge on any atom is 0.416 e. The highest BCUT2D eigenvalue weighted by atomic mass is 19.4. The molecule has 0 unspecified atom stereocenters. The van der Waals surface area contributed by atoms with Crippen LogP contribution < -0.4 is 5.73 Å². The smallest absolute Gasteiger partial charge is 0.324 e. The number of alkyl halides is 3. The fourth-order valence-electron chi connectivity index (χ4n) is 1.69. The lowest BCUT2D eigenvalue weighted by Crippen LogP contribution is -2.14. The quantitative estimate of drug-likeness (QED) is 0.808. The van der Waals surface area contributed by atoms with Crippen molar-refractivity contribution < 1.29 is 13.2 Å². The van der Waals surface area contributed by atoms with Gasteiger partial charge in [0.25, 0.3) is 0 Å². The van der Waals surface area contributed by atoms with E-state index in [9.17, 15) is 13.2 Å². The molecule has 2 N–H and O–H groups in total. The Morgan fingerprint density at radius 3 is 2.33 bits per heavy atom. The van der Waals surface area contributed by atoms with Gasteiger partial charge in [0.1, 0.15) is 0 Å². The van der Waals surface area contributed by atoms with Gasteiger partial charge in [-0.2, -0.15) is 13.2 Å². The average Bonchev–Trinajstić information content (AvgIpc) is 2.15. The van der Waals surface area contributed by atoms with E-state index in [-0.39, 0.29) is 6.04 Å². The van der Waals surface area contributed by atoms with E-state index in [2.05, 4.69) is 0 Å². The molecule has 0 fully saturated rings. The molecule has 0 bridgehead atoms. The van der Waals surface area contributed by atoms with Gasteiger partial charge in [-0.25, -0.2) is 0 Å². The van der Waals surface area contributed by atoms with Crippen molar-refractivity contribution in [2.45, 2.75) is 32.5 Å². The molecule has 1 atom stereocenters. The third-order valence-electron chi connectivity index (χ3n) is 2.36. The van der Waals surface area contributed by atoms with E-state index in [4.69, 9.17) is 5.73 Å². The predicted octanol–water partition coefficient (Wildman–Crippen LogP) is 3.29. The molecule has 15 heavy (non-hydrogen) atoms. The number of hydrogen-bond donors (Lipinski definition) is 1. The third kappa shape index (κ3) is 2.50. The first-order valence-corrected chi connectivity index (χ1v) is 4.82. The van der Waals surface area contributed by atoms with E-state index in [1.807, 2.05) is 0 Å². The number of hydrogen-bond acceptors (Lipinski definition) is 1. The normalized spacial score (nSPS) is 14.0. The van der Waals surface area contributed by atoms with E-state index < -0.39 is 11.7 Å². The summed E-state index contributed by atoms with van der Waals surface area (Å²) in [5.74, 6) is 0. The minimum absolute atomic E-state index is 0.306. The Balaban J connectivity index is 3.35. The van der Waals surface area contributed by atoms with Crippen molar-refractivity contribution in [1.29, 1.82) is 0 Å². The maximum absolute atomic E-state index is 12.6. The summed E-state index contributed by atoms with van der Waals surface area (Å²) in [7, 11) is 0. The van der Waals surface area contributed by atoms with Crippen LogP contribution in [0.4, 0.5) is 13.2 Å². The molecule has 0 saturated carbocycles. The van der Waals surface area contributed by atoms with Crippen LogP contribution in [0, 0.1) is 0 Å². The molecule has 0 radical (unpaired) electrons. The van der Waals surface area contributed by atoms with Gasteiger partial charge in [0.2, 0.25) is 0 Å². The number of rotatable bonds is 2. The van der Waals surface area contributed by atoms with Gasteiger partial charge in [0.05, 0.1) is 5.56 Å². The van der Waals surface area contributed by atoms with Crippen LogP contribution >= 0.6 is 0 Å². The standard InChI is InChI=1S/C11H14F3N/c1-3-8-9(7(2)15)5-4-6-10(8)11(12,13)14/h4-7H,3,15H2,1-2H3/t7-/m1/s1. The summed E-state index contributed by atoms with van der Waals surface area (Å²) in [6.07, 6.45) is -3.96.